The summed E-state index contributed by atoms with van der Waals surface area (Å²) in [6.45, 7) is 2.47. The van der Waals surface area contributed by atoms with Crippen LogP contribution in [0.3, 0.4) is 0 Å². The zero-order valence-corrected chi connectivity index (χ0v) is 20.1. The van der Waals surface area contributed by atoms with Gasteiger partial charge in [-0.2, -0.15) is 0 Å². The lowest BCUT2D eigenvalue weighted by Gasteiger charge is -2.38. The standard InChI is InChI=1S/C28H34FN3O3/c29-24-12-6-5-11-23(24)27(34)30-26(28(35)32-17-7-2-8-18-32)22-15-19-31(20-16-22)25(33)14-13-21-9-3-1-4-10-21/h1,3-6,9-12,22,26H,2,7-8,13-20H2,(H,30,34). The first-order valence-electron chi connectivity index (χ1n) is 12.7. The van der Waals surface area contributed by atoms with Gasteiger partial charge in [-0.25, -0.2) is 4.39 Å². The largest absolute Gasteiger partial charge is 0.343 e. The summed E-state index contributed by atoms with van der Waals surface area (Å²) in [5.74, 6) is -1.25. The number of carbonyl (C=O) groups is 3. The average Bonchev–Trinajstić information content (AvgIpc) is 2.91. The van der Waals surface area contributed by atoms with Crippen molar-refractivity contribution in [3.05, 3.63) is 71.5 Å². The highest BCUT2D eigenvalue weighted by Gasteiger charge is 2.36. The quantitative estimate of drug-likeness (QED) is 0.657. The Kier molecular flexibility index (Phi) is 8.50. The third-order valence-corrected chi connectivity index (χ3v) is 7.17. The Morgan fingerprint density at radius 2 is 1.51 bits per heavy atom. The number of hydrogen-bond acceptors (Lipinski definition) is 3. The number of piperidine rings is 2. The molecule has 4 rings (SSSR count). The highest BCUT2D eigenvalue weighted by molar-refractivity contribution is 5.97. The number of benzene rings is 2. The Labute approximate surface area is 206 Å². The molecule has 3 amide bonds. The minimum absolute atomic E-state index is 0.0579. The van der Waals surface area contributed by atoms with Crippen molar-refractivity contribution in [3.8, 4) is 0 Å². The van der Waals surface area contributed by atoms with Crippen LogP contribution in [-0.2, 0) is 16.0 Å². The van der Waals surface area contributed by atoms with Gasteiger partial charge in [-0.05, 0) is 62.1 Å². The van der Waals surface area contributed by atoms with E-state index in [0.29, 0.717) is 51.9 Å². The van der Waals surface area contributed by atoms with E-state index in [1.54, 1.807) is 6.07 Å². The van der Waals surface area contributed by atoms with Crippen LogP contribution in [0.1, 0.15) is 54.4 Å². The Hall–Kier alpha value is -3.22. The molecule has 2 saturated heterocycles. The number of hydrogen-bond donors (Lipinski definition) is 1. The van der Waals surface area contributed by atoms with E-state index in [-0.39, 0.29) is 23.3 Å². The maximum Gasteiger partial charge on any atom is 0.254 e. The normalized spacial score (nSPS) is 17.6. The summed E-state index contributed by atoms with van der Waals surface area (Å²) < 4.78 is 14.2. The number of likely N-dealkylation sites (tertiary alicyclic amines) is 2. The number of nitrogens with zero attached hydrogens (tertiary/aromatic N) is 2. The molecule has 2 heterocycles. The number of aryl methyl sites for hydroxylation is 1. The molecule has 0 radical (unpaired) electrons. The monoisotopic (exact) mass is 479 g/mol. The Morgan fingerprint density at radius 3 is 2.20 bits per heavy atom. The van der Waals surface area contributed by atoms with Gasteiger partial charge in [-0.1, -0.05) is 42.5 Å². The van der Waals surface area contributed by atoms with E-state index in [0.717, 1.165) is 24.8 Å². The first-order chi connectivity index (χ1) is 17.0. The fourth-order valence-corrected chi connectivity index (χ4v) is 5.09. The predicted molar refractivity (Wildman–Crippen MR) is 132 cm³/mol. The van der Waals surface area contributed by atoms with E-state index in [2.05, 4.69) is 5.32 Å². The zero-order valence-electron chi connectivity index (χ0n) is 20.1. The third-order valence-electron chi connectivity index (χ3n) is 7.17. The first kappa shape index (κ1) is 24.9. The van der Waals surface area contributed by atoms with Crippen LogP contribution in [0.5, 0.6) is 0 Å². The molecule has 1 unspecified atom stereocenters. The van der Waals surface area contributed by atoms with E-state index < -0.39 is 17.8 Å². The van der Waals surface area contributed by atoms with Crippen LogP contribution in [0.2, 0.25) is 0 Å². The maximum atomic E-state index is 14.2. The smallest absolute Gasteiger partial charge is 0.254 e. The molecule has 186 valence electrons. The van der Waals surface area contributed by atoms with Gasteiger partial charge in [-0.15, -0.1) is 0 Å². The van der Waals surface area contributed by atoms with Gasteiger partial charge in [0.05, 0.1) is 5.56 Å². The van der Waals surface area contributed by atoms with Crippen molar-refractivity contribution in [1.29, 1.82) is 0 Å². The molecule has 2 aromatic rings. The summed E-state index contributed by atoms with van der Waals surface area (Å²) in [6.07, 6.45) is 5.41. The number of nitrogens with one attached hydrogen (secondary N) is 1. The summed E-state index contributed by atoms with van der Waals surface area (Å²) in [4.78, 5) is 42.8. The molecular formula is C28H34FN3O3. The molecule has 35 heavy (non-hydrogen) atoms. The summed E-state index contributed by atoms with van der Waals surface area (Å²) in [7, 11) is 0. The summed E-state index contributed by atoms with van der Waals surface area (Å²) in [5.41, 5.74) is 1.08. The Bertz CT molecular complexity index is 1020. The molecular weight excluding hydrogens is 445 g/mol. The molecule has 2 aliphatic rings. The number of carbonyl (C=O) groups excluding carboxylic acids is 3. The van der Waals surface area contributed by atoms with Gasteiger partial charge in [0.15, 0.2) is 0 Å². The number of rotatable bonds is 7. The van der Waals surface area contributed by atoms with Crippen molar-refractivity contribution in [2.45, 2.75) is 51.0 Å². The molecule has 2 aliphatic heterocycles. The topological polar surface area (TPSA) is 69.7 Å². The molecule has 6 nitrogen and oxygen atoms in total. The van der Waals surface area contributed by atoms with Crippen molar-refractivity contribution in [3.63, 3.8) is 0 Å². The number of halogens is 1. The van der Waals surface area contributed by atoms with Crippen LogP contribution >= 0.6 is 0 Å². The van der Waals surface area contributed by atoms with Crippen molar-refractivity contribution in [2.24, 2.45) is 5.92 Å². The van der Waals surface area contributed by atoms with Crippen LogP contribution in [0.25, 0.3) is 0 Å². The van der Waals surface area contributed by atoms with Gasteiger partial charge in [-0.3, -0.25) is 14.4 Å². The van der Waals surface area contributed by atoms with Gasteiger partial charge in [0.25, 0.3) is 5.91 Å². The lowest BCUT2D eigenvalue weighted by molar-refractivity contribution is -0.137. The summed E-state index contributed by atoms with van der Waals surface area (Å²) >= 11 is 0. The number of amides is 3. The third kappa shape index (κ3) is 6.47. The summed E-state index contributed by atoms with van der Waals surface area (Å²) in [5, 5.41) is 2.86. The lowest BCUT2D eigenvalue weighted by atomic mass is 9.87. The van der Waals surface area contributed by atoms with E-state index in [4.69, 9.17) is 0 Å². The van der Waals surface area contributed by atoms with E-state index in [1.165, 1.54) is 18.2 Å². The van der Waals surface area contributed by atoms with Gasteiger partial charge in [0.1, 0.15) is 11.9 Å². The maximum absolute atomic E-state index is 14.2. The molecule has 0 aromatic heterocycles. The van der Waals surface area contributed by atoms with Gasteiger partial charge in [0.2, 0.25) is 11.8 Å². The second-order valence-corrected chi connectivity index (χ2v) is 9.52. The van der Waals surface area contributed by atoms with Crippen LogP contribution in [0, 0.1) is 11.7 Å². The second kappa shape index (κ2) is 12.0. The Morgan fingerprint density at radius 1 is 0.857 bits per heavy atom. The van der Waals surface area contributed by atoms with E-state index >= 15 is 0 Å². The predicted octanol–water partition coefficient (Wildman–Crippen LogP) is 3.81. The SMILES string of the molecule is O=C(NC(C(=O)N1CCCCC1)C1CCN(C(=O)CCc2ccccc2)CC1)c1ccccc1F. The fourth-order valence-electron chi connectivity index (χ4n) is 5.09. The molecule has 0 bridgehead atoms. The zero-order chi connectivity index (χ0) is 24.6. The Balaban J connectivity index is 1.39. The van der Waals surface area contributed by atoms with Crippen molar-refractivity contribution >= 4 is 17.7 Å². The van der Waals surface area contributed by atoms with Crippen LogP contribution in [0.4, 0.5) is 4.39 Å². The highest BCUT2D eigenvalue weighted by Crippen LogP contribution is 2.25. The highest BCUT2D eigenvalue weighted by atomic mass is 19.1. The molecule has 1 atom stereocenters. The average molecular weight is 480 g/mol. The molecule has 0 aliphatic carbocycles. The van der Waals surface area contributed by atoms with Gasteiger partial charge < -0.3 is 15.1 Å². The van der Waals surface area contributed by atoms with Crippen LogP contribution in [0.15, 0.2) is 54.6 Å². The minimum atomic E-state index is -0.721. The molecule has 0 saturated carbocycles. The molecule has 2 fully saturated rings. The van der Waals surface area contributed by atoms with Crippen molar-refractivity contribution in [2.75, 3.05) is 26.2 Å². The molecule has 1 N–H and O–H groups in total. The lowest BCUT2D eigenvalue weighted by Crippen LogP contribution is -2.55. The van der Waals surface area contributed by atoms with Gasteiger partial charge >= 0.3 is 0 Å². The van der Waals surface area contributed by atoms with Crippen LogP contribution < -0.4 is 5.32 Å². The van der Waals surface area contributed by atoms with Crippen molar-refractivity contribution in [1.82, 2.24) is 15.1 Å². The summed E-state index contributed by atoms with van der Waals surface area (Å²) in [6, 6.07) is 15.1. The molecule has 2 aromatic carbocycles. The van der Waals surface area contributed by atoms with Crippen molar-refractivity contribution < 1.29 is 18.8 Å². The van der Waals surface area contributed by atoms with E-state index in [9.17, 15) is 18.8 Å². The fraction of sp³-hybridized carbons (Fsp3) is 0.464. The minimum Gasteiger partial charge on any atom is -0.343 e. The second-order valence-electron chi connectivity index (χ2n) is 9.52. The molecule has 0 spiro atoms. The first-order valence-corrected chi connectivity index (χ1v) is 12.7. The van der Waals surface area contributed by atoms with Crippen LogP contribution in [-0.4, -0.2) is 59.7 Å². The van der Waals surface area contributed by atoms with E-state index in [1.807, 2.05) is 40.1 Å². The molecule has 7 heteroatoms. The van der Waals surface area contributed by atoms with Gasteiger partial charge in [0, 0.05) is 32.6 Å².